The zero-order chi connectivity index (χ0) is 30.9. The van der Waals surface area contributed by atoms with E-state index in [4.69, 9.17) is 4.42 Å². The molecule has 1 heteroatoms. The molecule has 0 fully saturated rings. The zero-order valence-corrected chi connectivity index (χ0v) is 25.6. The van der Waals surface area contributed by atoms with Crippen molar-refractivity contribution in [3.05, 3.63) is 170 Å². The lowest BCUT2D eigenvalue weighted by molar-refractivity contribution is 0.670. The van der Waals surface area contributed by atoms with Crippen LogP contribution in [0.1, 0.15) is 0 Å². The van der Waals surface area contributed by atoms with Gasteiger partial charge < -0.3 is 4.42 Å². The van der Waals surface area contributed by atoms with Crippen LogP contribution in [0.3, 0.4) is 0 Å². The van der Waals surface area contributed by atoms with Gasteiger partial charge in [0.2, 0.25) is 0 Å². The Hall–Kier alpha value is -6.18. The molecule has 1 nitrogen and oxygen atoms in total. The van der Waals surface area contributed by atoms with E-state index in [1.807, 2.05) is 0 Å². The molecule has 218 valence electrons. The summed E-state index contributed by atoms with van der Waals surface area (Å²) in [6.45, 7) is 0. The summed E-state index contributed by atoms with van der Waals surface area (Å²) in [5, 5.41) is 12.2. The fourth-order valence-corrected chi connectivity index (χ4v) is 7.79. The maximum atomic E-state index is 6.78. The number of hydrogen-bond donors (Lipinski definition) is 0. The van der Waals surface area contributed by atoms with Crippen LogP contribution in [0.4, 0.5) is 0 Å². The summed E-state index contributed by atoms with van der Waals surface area (Å²) in [7, 11) is 0. The van der Waals surface area contributed by atoms with Gasteiger partial charge in [-0.2, -0.15) is 0 Å². The highest BCUT2D eigenvalue weighted by Crippen LogP contribution is 2.48. The van der Waals surface area contributed by atoms with Crippen LogP contribution in [-0.2, 0) is 0 Å². The summed E-state index contributed by atoms with van der Waals surface area (Å²) in [4.78, 5) is 0. The van der Waals surface area contributed by atoms with Gasteiger partial charge in [-0.15, -0.1) is 0 Å². The summed E-state index contributed by atoms with van der Waals surface area (Å²) < 4.78 is 6.78. The lowest BCUT2D eigenvalue weighted by Crippen LogP contribution is -1.92. The van der Waals surface area contributed by atoms with Crippen LogP contribution >= 0.6 is 0 Å². The van der Waals surface area contributed by atoms with Crippen molar-refractivity contribution in [1.29, 1.82) is 0 Å². The van der Waals surface area contributed by atoms with Crippen molar-refractivity contribution in [3.63, 3.8) is 0 Å². The molecule has 0 amide bonds. The van der Waals surface area contributed by atoms with Gasteiger partial charge in [-0.05, 0) is 83.0 Å². The van der Waals surface area contributed by atoms with Crippen molar-refractivity contribution >= 4 is 65.0 Å². The Bertz CT molecular complexity index is 2790. The molecule has 47 heavy (non-hydrogen) atoms. The van der Waals surface area contributed by atoms with Gasteiger partial charge in [0.25, 0.3) is 0 Å². The third-order valence-corrected chi connectivity index (χ3v) is 9.84. The number of hydrogen-bond acceptors (Lipinski definition) is 1. The molecule has 0 saturated heterocycles. The van der Waals surface area contributed by atoms with Crippen LogP contribution in [0.25, 0.3) is 98.4 Å². The molecule has 0 bridgehead atoms. The highest BCUT2D eigenvalue weighted by Gasteiger charge is 2.21. The Balaban J connectivity index is 1.30. The van der Waals surface area contributed by atoms with Crippen LogP contribution in [-0.4, -0.2) is 0 Å². The number of rotatable bonds is 3. The van der Waals surface area contributed by atoms with E-state index in [0.29, 0.717) is 0 Å². The summed E-state index contributed by atoms with van der Waals surface area (Å²) in [5.74, 6) is 0. The van der Waals surface area contributed by atoms with Crippen LogP contribution in [0, 0.1) is 0 Å². The van der Waals surface area contributed by atoms with E-state index >= 15 is 0 Å². The summed E-state index contributed by atoms with van der Waals surface area (Å²) in [5.41, 5.74) is 9.05. The van der Waals surface area contributed by atoms with E-state index in [1.54, 1.807) is 0 Å². The van der Waals surface area contributed by atoms with Gasteiger partial charge >= 0.3 is 0 Å². The van der Waals surface area contributed by atoms with Crippen molar-refractivity contribution in [2.45, 2.75) is 0 Å². The Kier molecular flexibility index (Phi) is 5.64. The summed E-state index contributed by atoms with van der Waals surface area (Å²) in [6.07, 6.45) is 0. The molecule has 0 saturated carbocycles. The lowest BCUT2D eigenvalue weighted by atomic mass is 9.84. The fourth-order valence-electron chi connectivity index (χ4n) is 7.79. The van der Waals surface area contributed by atoms with Gasteiger partial charge in [0.15, 0.2) is 0 Å². The minimum atomic E-state index is 0.900. The largest absolute Gasteiger partial charge is 0.455 e. The van der Waals surface area contributed by atoms with Crippen LogP contribution < -0.4 is 0 Å². The Labute approximate surface area is 271 Å². The monoisotopic (exact) mass is 596 g/mol. The van der Waals surface area contributed by atoms with E-state index in [2.05, 4.69) is 170 Å². The molecule has 0 aliphatic rings. The normalized spacial score (nSPS) is 11.8. The second kappa shape index (κ2) is 10.2. The van der Waals surface area contributed by atoms with Gasteiger partial charge in [0, 0.05) is 16.3 Å². The van der Waals surface area contributed by atoms with Crippen molar-refractivity contribution in [2.75, 3.05) is 0 Å². The van der Waals surface area contributed by atoms with Crippen molar-refractivity contribution in [2.24, 2.45) is 0 Å². The lowest BCUT2D eigenvalue weighted by Gasteiger charge is -2.19. The Morgan fingerprint density at radius 3 is 1.57 bits per heavy atom. The predicted molar refractivity (Wildman–Crippen MR) is 200 cm³/mol. The second-order valence-corrected chi connectivity index (χ2v) is 12.4. The van der Waals surface area contributed by atoms with Crippen molar-refractivity contribution < 1.29 is 4.42 Å². The molecule has 0 N–H and O–H groups in total. The summed E-state index contributed by atoms with van der Waals surface area (Å²) >= 11 is 0. The highest BCUT2D eigenvalue weighted by atomic mass is 16.3. The van der Waals surface area contributed by atoms with E-state index in [1.165, 1.54) is 65.3 Å². The Morgan fingerprint density at radius 2 is 0.830 bits per heavy atom. The first-order valence-electron chi connectivity index (χ1n) is 16.2. The zero-order valence-electron chi connectivity index (χ0n) is 25.6. The first-order chi connectivity index (χ1) is 23.3. The number of fused-ring (bicyclic) bond motifs is 7. The van der Waals surface area contributed by atoms with Crippen molar-refractivity contribution in [3.8, 4) is 33.4 Å². The topological polar surface area (TPSA) is 13.1 Å². The first kappa shape index (κ1) is 26.1. The van der Waals surface area contributed by atoms with E-state index < -0.39 is 0 Å². The molecule has 10 aromatic rings. The second-order valence-electron chi connectivity index (χ2n) is 12.4. The van der Waals surface area contributed by atoms with Crippen LogP contribution in [0.5, 0.6) is 0 Å². The minimum Gasteiger partial charge on any atom is -0.455 e. The molecule has 0 unspecified atom stereocenters. The van der Waals surface area contributed by atoms with Gasteiger partial charge in [0.05, 0.1) is 0 Å². The maximum Gasteiger partial charge on any atom is 0.143 e. The van der Waals surface area contributed by atoms with E-state index in [9.17, 15) is 0 Å². The molecular formula is C46H28O. The van der Waals surface area contributed by atoms with Crippen LogP contribution in [0.15, 0.2) is 174 Å². The molecule has 0 atom stereocenters. The predicted octanol–water partition coefficient (Wildman–Crippen LogP) is 13.2. The van der Waals surface area contributed by atoms with Gasteiger partial charge in [-0.1, -0.05) is 158 Å². The quantitative estimate of drug-likeness (QED) is 0.185. The molecule has 0 spiro atoms. The van der Waals surface area contributed by atoms with Gasteiger partial charge in [-0.25, -0.2) is 0 Å². The Morgan fingerprint density at radius 1 is 0.319 bits per heavy atom. The number of para-hydroxylation sites is 1. The average Bonchev–Trinajstić information content (AvgIpc) is 3.53. The highest BCUT2D eigenvalue weighted by molar-refractivity contribution is 6.27. The standard InChI is InChI=1S/C46H28O/c1-2-14-31-28-32(27-26-29(31)12-1)34-21-10-24-41-45-40(23-11-25-42(45)47-46(34)41)44-38-19-7-5-17-36(38)43(37-18-6-8-20-39(37)44)35-22-9-15-30-13-3-4-16-33(30)35/h1-28H. The van der Waals surface area contributed by atoms with E-state index in [-0.39, 0.29) is 0 Å². The smallest absolute Gasteiger partial charge is 0.143 e. The molecular weight excluding hydrogens is 569 g/mol. The molecule has 9 aromatic carbocycles. The van der Waals surface area contributed by atoms with Crippen LogP contribution in [0.2, 0.25) is 0 Å². The first-order valence-corrected chi connectivity index (χ1v) is 16.2. The molecule has 10 rings (SSSR count). The molecule has 0 radical (unpaired) electrons. The third-order valence-electron chi connectivity index (χ3n) is 9.84. The number of furan rings is 1. The minimum absolute atomic E-state index is 0.900. The molecule has 1 aromatic heterocycles. The number of benzene rings is 9. The molecule has 0 aliphatic heterocycles. The SMILES string of the molecule is c1ccc2cc(-c3cccc4c3oc3cccc(-c5c6ccccc6c(-c6cccc7ccccc67)c6ccccc56)c34)ccc2c1. The van der Waals surface area contributed by atoms with Gasteiger partial charge in [0.1, 0.15) is 11.2 Å². The van der Waals surface area contributed by atoms with E-state index in [0.717, 1.165) is 33.1 Å². The fraction of sp³-hybridized carbons (Fsp3) is 0. The molecule has 1 heterocycles. The summed E-state index contributed by atoms with van der Waals surface area (Å²) in [6, 6.07) is 61.4. The van der Waals surface area contributed by atoms with Gasteiger partial charge in [-0.3, -0.25) is 0 Å². The average molecular weight is 597 g/mol. The van der Waals surface area contributed by atoms with Crippen molar-refractivity contribution in [1.82, 2.24) is 0 Å². The third kappa shape index (κ3) is 3.90. The molecule has 0 aliphatic carbocycles. The maximum absolute atomic E-state index is 6.78.